The first-order valence-electron chi connectivity index (χ1n) is 8.45. The molecule has 0 saturated heterocycles. The molecule has 2 atom stereocenters. The Bertz CT molecular complexity index is 663. The third kappa shape index (κ3) is 7.11. The van der Waals surface area contributed by atoms with Gasteiger partial charge in [-0.15, -0.1) is 24.0 Å². The zero-order valence-electron chi connectivity index (χ0n) is 15.7. The number of guanidine groups is 1. The summed E-state index contributed by atoms with van der Waals surface area (Å²) in [5, 5.41) is 6.69. The number of hydrogen-bond acceptors (Lipinski definition) is 3. The highest BCUT2D eigenvalue weighted by Crippen LogP contribution is 2.18. The lowest BCUT2D eigenvalue weighted by Crippen LogP contribution is -2.42. The molecule has 2 rings (SSSR count). The summed E-state index contributed by atoms with van der Waals surface area (Å²) in [5.74, 6) is 2.38. The zero-order valence-corrected chi connectivity index (χ0v) is 18.1. The largest absolute Gasteiger partial charge is 0.497 e. The number of hydrogen-bond donors (Lipinski definition) is 2. The maximum absolute atomic E-state index is 5.90. The van der Waals surface area contributed by atoms with Gasteiger partial charge in [-0.3, -0.25) is 4.99 Å². The molecule has 6 heteroatoms. The van der Waals surface area contributed by atoms with Gasteiger partial charge in [-0.2, -0.15) is 0 Å². The fourth-order valence-electron chi connectivity index (χ4n) is 2.39. The van der Waals surface area contributed by atoms with Crippen LogP contribution in [-0.4, -0.2) is 32.8 Å². The lowest BCUT2D eigenvalue weighted by molar-refractivity contribution is 0.223. The van der Waals surface area contributed by atoms with Gasteiger partial charge in [-0.05, 0) is 43.7 Å². The summed E-state index contributed by atoms with van der Waals surface area (Å²) in [5.41, 5.74) is 1.22. The fourth-order valence-corrected chi connectivity index (χ4v) is 2.39. The molecule has 2 N–H and O–H groups in total. The number of methoxy groups -OCH3 is 1. The molecule has 0 heterocycles. The highest BCUT2D eigenvalue weighted by molar-refractivity contribution is 14.0. The Morgan fingerprint density at radius 3 is 2.19 bits per heavy atom. The van der Waals surface area contributed by atoms with Crippen molar-refractivity contribution in [2.75, 3.05) is 20.7 Å². The minimum Gasteiger partial charge on any atom is -0.497 e. The normalized spacial score (nSPS) is 13.2. The quantitative estimate of drug-likeness (QED) is 0.366. The van der Waals surface area contributed by atoms with E-state index in [4.69, 9.17) is 9.47 Å². The number of benzene rings is 2. The molecule has 0 fully saturated rings. The highest BCUT2D eigenvalue weighted by atomic mass is 127. The van der Waals surface area contributed by atoms with E-state index < -0.39 is 0 Å². The average Bonchev–Trinajstić information content (AvgIpc) is 2.66. The minimum atomic E-state index is -0.000948. The maximum atomic E-state index is 5.90. The Morgan fingerprint density at radius 1 is 1.00 bits per heavy atom. The second kappa shape index (κ2) is 11.6. The molecule has 142 valence electrons. The van der Waals surface area contributed by atoms with Gasteiger partial charge in [-0.1, -0.05) is 30.3 Å². The van der Waals surface area contributed by atoms with E-state index in [9.17, 15) is 0 Å². The van der Waals surface area contributed by atoms with Gasteiger partial charge in [0.1, 0.15) is 17.6 Å². The molecule has 0 aliphatic rings. The number of nitrogens with one attached hydrogen (secondary N) is 2. The highest BCUT2D eigenvalue weighted by Gasteiger charge is 2.09. The monoisotopic (exact) mass is 469 g/mol. The topological polar surface area (TPSA) is 54.9 Å². The van der Waals surface area contributed by atoms with Gasteiger partial charge >= 0.3 is 0 Å². The Labute approximate surface area is 173 Å². The first kappa shape index (κ1) is 22.1. The molecule has 5 nitrogen and oxygen atoms in total. The lowest BCUT2D eigenvalue weighted by Gasteiger charge is -2.21. The molecule has 0 aliphatic heterocycles. The first-order chi connectivity index (χ1) is 12.1. The third-order valence-electron chi connectivity index (χ3n) is 3.83. The predicted octanol–water partition coefficient (Wildman–Crippen LogP) is 4.01. The molecule has 2 aromatic rings. The zero-order chi connectivity index (χ0) is 18.1. The van der Waals surface area contributed by atoms with Crippen LogP contribution in [0.5, 0.6) is 11.5 Å². The molecule has 0 bridgehead atoms. The van der Waals surface area contributed by atoms with Crippen LogP contribution in [0.4, 0.5) is 0 Å². The molecule has 26 heavy (non-hydrogen) atoms. The van der Waals surface area contributed by atoms with Gasteiger partial charge in [0.25, 0.3) is 0 Å². The summed E-state index contributed by atoms with van der Waals surface area (Å²) < 4.78 is 11.0. The van der Waals surface area contributed by atoms with Gasteiger partial charge in [0.2, 0.25) is 0 Å². The molecule has 0 aromatic heterocycles. The van der Waals surface area contributed by atoms with Crippen molar-refractivity contribution in [2.45, 2.75) is 26.0 Å². The molecule has 0 spiro atoms. The Balaban J connectivity index is 0.00000338. The van der Waals surface area contributed by atoms with Crippen LogP contribution < -0.4 is 20.1 Å². The van der Waals surface area contributed by atoms with Gasteiger partial charge in [-0.25, -0.2) is 0 Å². The number of nitrogens with zero attached hydrogens (tertiary/aromatic N) is 1. The van der Waals surface area contributed by atoms with Crippen molar-refractivity contribution in [3.05, 3.63) is 60.2 Å². The van der Waals surface area contributed by atoms with E-state index in [1.165, 1.54) is 5.56 Å². The number of aliphatic imine (C=N–C) groups is 1. The standard InChI is InChI=1S/C20H27N3O2.HI/c1-15(25-19-12-10-18(24-4)11-13-19)14-22-20(21-3)23-16(2)17-8-6-5-7-9-17;/h5-13,15-16H,14H2,1-4H3,(H2,21,22,23);1H. The van der Waals surface area contributed by atoms with Gasteiger partial charge in [0.15, 0.2) is 5.96 Å². The smallest absolute Gasteiger partial charge is 0.191 e. The SMILES string of the molecule is CN=C(NCC(C)Oc1ccc(OC)cc1)NC(C)c1ccccc1.I. The van der Waals surface area contributed by atoms with E-state index in [0.29, 0.717) is 6.54 Å². The first-order valence-corrected chi connectivity index (χ1v) is 8.45. The molecular formula is C20H28IN3O2. The average molecular weight is 469 g/mol. The van der Waals surface area contributed by atoms with Crippen LogP contribution in [0.3, 0.4) is 0 Å². The van der Waals surface area contributed by atoms with Crippen molar-refractivity contribution >= 4 is 29.9 Å². The molecule has 2 aromatic carbocycles. The molecule has 0 radical (unpaired) electrons. The van der Waals surface area contributed by atoms with Crippen LogP contribution >= 0.6 is 24.0 Å². The van der Waals surface area contributed by atoms with Crippen molar-refractivity contribution in [3.63, 3.8) is 0 Å². The fraction of sp³-hybridized carbons (Fsp3) is 0.350. The Kier molecular flexibility index (Phi) is 9.87. The van der Waals surface area contributed by atoms with Crippen molar-refractivity contribution in [2.24, 2.45) is 4.99 Å². The summed E-state index contributed by atoms with van der Waals surface area (Å²) in [4.78, 5) is 4.28. The van der Waals surface area contributed by atoms with Crippen LogP contribution in [-0.2, 0) is 0 Å². The van der Waals surface area contributed by atoms with Crippen LogP contribution in [0.25, 0.3) is 0 Å². The van der Waals surface area contributed by atoms with Crippen LogP contribution in [0.15, 0.2) is 59.6 Å². The summed E-state index contributed by atoms with van der Waals surface area (Å²) >= 11 is 0. The van der Waals surface area contributed by atoms with E-state index in [1.807, 2.05) is 49.4 Å². The summed E-state index contributed by atoms with van der Waals surface area (Å²) in [7, 11) is 3.42. The van der Waals surface area contributed by atoms with E-state index in [0.717, 1.165) is 17.5 Å². The number of rotatable bonds is 7. The minimum absolute atomic E-state index is 0. The Hall–Kier alpha value is -1.96. The number of halogens is 1. The van der Waals surface area contributed by atoms with Crippen molar-refractivity contribution in [1.82, 2.24) is 10.6 Å². The van der Waals surface area contributed by atoms with Crippen molar-refractivity contribution in [3.8, 4) is 11.5 Å². The molecule has 2 unspecified atom stereocenters. The third-order valence-corrected chi connectivity index (χ3v) is 3.83. The maximum Gasteiger partial charge on any atom is 0.191 e. The van der Waals surface area contributed by atoms with Crippen LogP contribution in [0.1, 0.15) is 25.5 Å². The van der Waals surface area contributed by atoms with Gasteiger partial charge in [0, 0.05) is 7.05 Å². The molecule has 0 amide bonds. The summed E-state index contributed by atoms with van der Waals surface area (Å²) in [6, 6.07) is 18.0. The summed E-state index contributed by atoms with van der Waals surface area (Å²) in [6.07, 6.45) is -0.000948. The number of ether oxygens (including phenoxy) is 2. The Morgan fingerprint density at radius 2 is 1.62 bits per heavy atom. The molecule has 0 aliphatic carbocycles. The van der Waals surface area contributed by atoms with E-state index in [-0.39, 0.29) is 36.1 Å². The van der Waals surface area contributed by atoms with E-state index in [2.05, 4.69) is 34.7 Å². The second-order valence-corrected chi connectivity index (χ2v) is 5.83. The van der Waals surface area contributed by atoms with Crippen LogP contribution in [0, 0.1) is 0 Å². The van der Waals surface area contributed by atoms with Crippen LogP contribution in [0.2, 0.25) is 0 Å². The van der Waals surface area contributed by atoms with E-state index >= 15 is 0 Å². The van der Waals surface area contributed by atoms with E-state index in [1.54, 1.807) is 14.2 Å². The summed E-state index contributed by atoms with van der Waals surface area (Å²) in [6.45, 7) is 4.78. The van der Waals surface area contributed by atoms with Crippen molar-refractivity contribution < 1.29 is 9.47 Å². The lowest BCUT2D eigenvalue weighted by atomic mass is 10.1. The second-order valence-electron chi connectivity index (χ2n) is 5.83. The van der Waals surface area contributed by atoms with Crippen molar-refractivity contribution in [1.29, 1.82) is 0 Å². The molecule has 0 saturated carbocycles. The van der Waals surface area contributed by atoms with Gasteiger partial charge in [0.05, 0.1) is 19.7 Å². The molecular weight excluding hydrogens is 441 g/mol. The van der Waals surface area contributed by atoms with Gasteiger partial charge < -0.3 is 20.1 Å². The predicted molar refractivity (Wildman–Crippen MR) is 118 cm³/mol.